The van der Waals surface area contributed by atoms with Crippen molar-refractivity contribution in [2.75, 3.05) is 25.0 Å². The molecule has 0 heterocycles. The van der Waals surface area contributed by atoms with Crippen molar-refractivity contribution in [3.05, 3.63) is 71.6 Å². The molecule has 0 aliphatic carbocycles. The molecule has 0 saturated heterocycles. The number of carbonyl (C=O) groups is 1. The van der Waals surface area contributed by atoms with Crippen molar-refractivity contribution in [2.45, 2.75) is 32.6 Å². The summed E-state index contributed by atoms with van der Waals surface area (Å²) in [6.07, 6.45) is 3.28. The van der Waals surface area contributed by atoms with Crippen molar-refractivity contribution in [3.63, 3.8) is 0 Å². The minimum absolute atomic E-state index is 0.0972. The molecule has 7 heteroatoms. The number of aliphatic carboxylic acids is 1. The number of rotatable bonds is 10. The number of aromatic hydroxyl groups is 1. The molecule has 2 rings (SSSR count). The fourth-order valence-electron chi connectivity index (χ4n) is 2.77. The zero-order valence-electron chi connectivity index (χ0n) is 18.0. The minimum Gasteiger partial charge on any atom is -0.504 e. The average Bonchev–Trinajstić information content (AvgIpc) is 2.75. The van der Waals surface area contributed by atoms with Crippen LogP contribution < -0.4 is 10.6 Å². The van der Waals surface area contributed by atoms with E-state index in [-0.39, 0.29) is 17.0 Å². The number of nitrogens with one attached hydrogen (secondary N) is 2. The van der Waals surface area contributed by atoms with E-state index >= 15 is 0 Å². The summed E-state index contributed by atoms with van der Waals surface area (Å²) in [5, 5.41) is 34.1. The first kappa shape index (κ1) is 25.7. The number of carboxylic acids is 1. The maximum Gasteiger partial charge on any atom is 0.310 e. The van der Waals surface area contributed by atoms with Crippen LogP contribution in [0.5, 0.6) is 5.75 Å². The van der Waals surface area contributed by atoms with E-state index in [1.165, 1.54) is 0 Å². The standard InChI is InChI=1S/C21H24FN3O3.C3H6/c1-14(21(27)28)16-5-2-4-15(10-16)6-9-24-7-3-8-25-19-12-18(22)11-17(13-23)20(19)26;1-3-2/h2,4-5,10-12,14,24-26H,3,6-9H2,1H3,(H,27,28);3H,1H2,2H3. The molecule has 166 valence electrons. The molecule has 2 aromatic carbocycles. The van der Waals surface area contributed by atoms with E-state index in [4.69, 9.17) is 10.4 Å². The SMILES string of the molecule is C=CC.CC(C(=O)O)c1cccc(CCNCCCNc2cc(F)cc(C#N)c2O)c1. The molecule has 6 nitrogen and oxygen atoms in total. The third-order valence-corrected chi connectivity index (χ3v) is 4.45. The summed E-state index contributed by atoms with van der Waals surface area (Å²) in [5.41, 5.74) is 1.98. The number of carboxylic acid groups (broad SMARTS) is 1. The lowest BCUT2D eigenvalue weighted by Crippen LogP contribution is -2.21. The van der Waals surface area contributed by atoms with Gasteiger partial charge in [0.05, 0.1) is 17.2 Å². The summed E-state index contributed by atoms with van der Waals surface area (Å²) < 4.78 is 13.4. The van der Waals surface area contributed by atoms with E-state index < -0.39 is 17.7 Å². The first-order valence-electron chi connectivity index (χ1n) is 10.1. The predicted molar refractivity (Wildman–Crippen MR) is 121 cm³/mol. The molecule has 0 aliphatic heterocycles. The summed E-state index contributed by atoms with van der Waals surface area (Å²) >= 11 is 0. The molecule has 1 atom stereocenters. The highest BCUT2D eigenvalue weighted by Crippen LogP contribution is 2.28. The number of nitrogens with zero attached hydrogens (tertiary/aromatic N) is 1. The van der Waals surface area contributed by atoms with Gasteiger partial charge in [0.1, 0.15) is 11.9 Å². The Bertz CT molecular complexity index is 909. The monoisotopic (exact) mass is 427 g/mol. The summed E-state index contributed by atoms with van der Waals surface area (Å²) in [6, 6.07) is 11.5. The number of halogens is 1. The molecule has 0 aromatic heterocycles. The molecule has 0 aliphatic rings. The van der Waals surface area contributed by atoms with Crippen LogP contribution in [0.25, 0.3) is 0 Å². The maximum atomic E-state index is 13.4. The zero-order chi connectivity index (χ0) is 23.2. The molecule has 31 heavy (non-hydrogen) atoms. The minimum atomic E-state index is -0.839. The van der Waals surface area contributed by atoms with Gasteiger partial charge in [-0.25, -0.2) is 4.39 Å². The zero-order valence-corrected chi connectivity index (χ0v) is 18.0. The number of hydrogen-bond donors (Lipinski definition) is 4. The third kappa shape index (κ3) is 8.89. The van der Waals surface area contributed by atoms with Gasteiger partial charge in [-0.05, 0) is 57.0 Å². The topological polar surface area (TPSA) is 105 Å². The number of allylic oxidation sites excluding steroid dienone is 1. The molecular weight excluding hydrogens is 397 g/mol. The fourth-order valence-corrected chi connectivity index (χ4v) is 2.77. The first-order chi connectivity index (χ1) is 14.8. The lowest BCUT2D eigenvalue weighted by atomic mass is 9.98. The Kier molecular flexibility index (Phi) is 11.4. The maximum absolute atomic E-state index is 13.4. The fraction of sp³-hybridized carbons (Fsp3) is 0.333. The van der Waals surface area contributed by atoms with Crippen LogP contribution in [0, 0.1) is 17.1 Å². The summed E-state index contributed by atoms with van der Waals surface area (Å²) in [6.45, 7) is 8.90. The Morgan fingerprint density at radius 3 is 2.65 bits per heavy atom. The second kappa shape index (κ2) is 13.8. The van der Waals surface area contributed by atoms with Crippen LogP contribution in [-0.4, -0.2) is 35.8 Å². The van der Waals surface area contributed by atoms with E-state index in [9.17, 15) is 14.3 Å². The van der Waals surface area contributed by atoms with Crippen LogP contribution in [0.1, 0.15) is 42.9 Å². The molecule has 0 bridgehead atoms. The molecule has 0 amide bonds. The average molecular weight is 428 g/mol. The smallest absolute Gasteiger partial charge is 0.310 e. The highest BCUT2D eigenvalue weighted by atomic mass is 19.1. The number of nitriles is 1. The first-order valence-corrected chi connectivity index (χ1v) is 10.1. The molecular formula is C24H30FN3O3. The van der Waals surface area contributed by atoms with Crippen molar-refractivity contribution in [2.24, 2.45) is 0 Å². The summed E-state index contributed by atoms with van der Waals surface area (Å²) in [7, 11) is 0. The largest absolute Gasteiger partial charge is 0.504 e. The molecule has 0 saturated carbocycles. The van der Waals surface area contributed by atoms with Gasteiger partial charge < -0.3 is 20.8 Å². The van der Waals surface area contributed by atoms with Crippen LogP contribution >= 0.6 is 0 Å². The Morgan fingerprint density at radius 2 is 2.00 bits per heavy atom. The lowest BCUT2D eigenvalue weighted by molar-refractivity contribution is -0.138. The van der Waals surface area contributed by atoms with Crippen LogP contribution in [0.2, 0.25) is 0 Å². The van der Waals surface area contributed by atoms with Crippen molar-refractivity contribution >= 4 is 11.7 Å². The van der Waals surface area contributed by atoms with E-state index in [1.54, 1.807) is 19.1 Å². The van der Waals surface area contributed by atoms with Crippen LogP contribution in [0.15, 0.2) is 49.1 Å². The van der Waals surface area contributed by atoms with Gasteiger partial charge in [0, 0.05) is 12.6 Å². The Labute approximate surface area is 183 Å². The Balaban J connectivity index is 0.00000151. The predicted octanol–water partition coefficient (Wildman–Crippen LogP) is 4.42. The second-order valence-electron chi connectivity index (χ2n) is 6.95. The highest BCUT2D eigenvalue weighted by Gasteiger charge is 2.13. The van der Waals surface area contributed by atoms with Crippen LogP contribution in [0.3, 0.4) is 0 Å². The van der Waals surface area contributed by atoms with E-state index in [1.807, 2.05) is 31.2 Å². The van der Waals surface area contributed by atoms with Crippen LogP contribution in [-0.2, 0) is 11.2 Å². The van der Waals surface area contributed by atoms with Gasteiger partial charge in [-0.1, -0.05) is 30.3 Å². The van der Waals surface area contributed by atoms with Gasteiger partial charge in [-0.15, -0.1) is 6.58 Å². The van der Waals surface area contributed by atoms with Crippen molar-refractivity contribution in [3.8, 4) is 11.8 Å². The Hall–Kier alpha value is -3.37. The summed E-state index contributed by atoms with van der Waals surface area (Å²) in [5.74, 6) is -2.18. The quantitative estimate of drug-likeness (QED) is 0.254. The highest BCUT2D eigenvalue weighted by molar-refractivity contribution is 5.75. The molecule has 0 spiro atoms. The van der Waals surface area contributed by atoms with Gasteiger partial charge >= 0.3 is 5.97 Å². The molecule has 4 N–H and O–H groups in total. The lowest BCUT2D eigenvalue weighted by Gasteiger charge is -2.11. The molecule has 0 fully saturated rings. The normalized spacial score (nSPS) is 10.9. The van der Waals surface area contributed by atoms with Crippen LogP contribution in [0.4, 0.5) is 10.1 Å². The van der Waals surface area contributed by atoms with Crippen molar-refractivity contribution < 1.29 is 19.4 Å². The second-order valence-corrected chi connectivity index (χ2v) is 6.95. The summed E-state index contributed by atoms with van der Waals surface area (Å²) in [4.78, 5) is 11.1. The molecule has 0 radical (unpaired) electrons. The number of hydrogen-bond acceptors (Lipinski definition) is 5. The number of phenolic OH excluding ortho intramolecular Hbond substituents is 1. The number of anilines is 1. The number of benzene rings is 2. The van der Waals surface area contributed by atoms with Crippen molar-refractivity contribution in [1.29, 1.82) is 5.26 Å². The van der Waals surface area contributed by atoms with Gasteiger partial charge in [0.2, 0.25) is 0 Å². The third-order valence-electron chi connectivity index (χ3n) is 4.45. The Morgan fingerprint density at radius 1 is 1.29 bits per heavy atom. The van der Waals surface area contributed by atoms with Crippen molar-refractivity contribution in [1.82, 2.24) is 5.32 Å². The van der Waals surface area contributed by atoms with Gasteiger partial charge in [0.25, 0.3) is 0 Å². The van der Waals surface area contributed by atoms with E-state index in [0.29, 0.717) is 6.54 Å². The van der Waals surface area contributed by atoms with Gasteiger partial charge in [0.15, 0.2) is 5.75 Å². The van der Waals surface area contributed by atoms with E-state index in [0.717, 1.165) is 49.2 Å². The van der Waals surface area contributed by atoms with Gasteiger partial charge in [-0.3, -0.25) is 4.79 Å². The number of phenols is 1. The molecule has 2 aromatic rings. The van der Waals surface area contributed by atoms with Gasteiger partial charge in [-0.2, -0.15) is 5.26 Å². The molecule has 1 unspecified atom stereocenters. The van der Waals surface area contributed by atoms with E-state index in [2.05, 4.69) is 17.2 Å².